The minimum absolute atomic E-state index is 0.206. The lowest BCUT2D eigenvalue weighted by Crippen LogP contribution is -2.16. The first-order chi connectivity index (χ1) is 9.08. The van der Waals surface area contributed by atoms with Gasteiger partial charge < -0.3 is 9.30 Å². The number of hydrogen-bond donors (Lipinski definition) is 0. The number of carbonyl (C=O) groups is 2. The van der Waals surface area contributed by atoms with Crippen molar-refractivity contribution in [2.45, 2.75) is 6.92 Å². The number of rotatable bonds is 4. The first-order valence-corrected chi connectivity index (χ1v) is 5.96. The molecule has 0 atom stereocenters. The molecule has 0 saturated heterocycles. The van der Waals surface area contributed by atoms with Crippen LogP contribution in [0.25, 0.3) is 0 Å². The summed E-state index contributed by atoms with van der Waals surface area (Å²) >= 11 is 0. The number of ether oxygens (including phenoxy) is 1. The van der Waals surface area contributed by atoms with E-state index in [1.165, 1.54) is 0 Å². The highest BCUT2D eigenvalue weighted by Gasteiger charge is 2.13. The molecule has 1 aromatic heterocycles. The van der Waals surface area contributed by atoms with Gasteiger partial charge in [0.25, 0.3) is 0 Å². The zero-order valence-electron chi connectivity index (χ0n) is 10.9. The minimum atomic E-state index is -0.493. The molecule has 2 rings (SSSR count). The van der Waals surface area contributed by atoms with Crippen LogP contribution in [0.2, 0.25) is 0 Å². The average Bonchev–Trinajstić information content (AvgIpc) is 2.83. The lowest BCUT2D eigenvalue weighted by molar-refractivity contribution is 0.0465. The van der Waals surface area contributed by atoms with E-state index < -0.39 is 5.97 Å². The molecule has 0 aliphatic carbocycles. The van der Waals surface area contributed by atoms with E-state index in [0.29, 0.717) is 11.3 Å². The molecule has 0 N–H and O–H groups in total. The number of carbonyl (C=O) groups excluding carboxylic acids is 2. The maximum absolute atomic E-state index is 11.8. The van der Waals surface area contributed by atoms with E-state index in [-0.39, 0.29) is 12.4 Å². The third-order valence-corrected chi connectivity index (χ3v) is 2.86. The first-order valence-electron chi connectivity index (χ1n) is 5.96. The standard InChI is InChI=1S/C15H15NO3/c1-11-5-7-12(8-6-11)14(17)10-19-15(18)13-4-3-9-16(13)2/h3-9H,10H2,1-2H3. The highest BCUT2D eigenvalue weighted by Crippen LogP contribution is 2.06. The van der Waals surface area contributed by atoms with Crippen LogP contribution in [0, 0.1) is 6.92 Å². The fourth-order valence-electron chi connectivity index (χ4n) is 1.70. The Morgan fingerprint density at radius 2 is 1.84 bits per heavy atom. The molecule has 4 nitrogen and oxygen atoms in total. The van der Waals surface area contributed by atoms with Crippen LogP contribution in [0.1, 0.15) is 26.4 Å². The fourth-order valence-corrected chi connectivity index (χ4v) is 1.70. The normalized spacial score (nSPS) is 10.2. The van der Waals surface area contributed by atoms with E-state index >= 15 is 0 Å². The molecular formula is C15H15NO3. The molecule has 98 valence electrons. The van der Waals surface area contributed by atoms with Gasteiger partial charge in [-0.3, -0.25) is 4.79 Å². The van der Waals surface area contributed by atoms with Crippen LogP contribution >= 0.6 is 0 Å². The lowest BCUT2D eigenvalue weighted by atomic mass is 10.1. The number of nitrogens with zero attached hydrogens (tertiary/aromatic N) is 1. The summed E-state index contributed by atoms with van der Waals surface area (Å²) in [4.78, 5) is 23.6. The predicted molar refractivity (Wildman–Crippen MR) is 71.2 cm³/mol. The predicted octanol–water partition coefficient (Wildman–Crippen LogP) is 2.37. The van der Waals surface area contributed by atoms with Crippen molar-refractivity contribution in [3.63, 3.8) is 0 Å². The van der Waals surface area contributed by atoms with Crippen molar-refractivity contribution in [1.29, 1.82) is 0 Å². The molecule has 1 heterocycles. The summed E-state index contributed by atoms with van der Waals surface area (Å²) in [6.45, 7) is 1.71. The number of Topliss-reactive ketones (excluding diaryl/α,β-unsaturated/α-hetero) is 1. The molecule has 0 unspecified atom stereocenters. The van der Waals surface area contributed by atoms with E-state index in [1.807, 2.05) is 19.1 Å². The Labute approximate surface area is 111 Å². The average molecular weight is 257 g/mol. The number of esters is 1. The van der Waals surface area contributed by atoms with Gasteiger partial charge >= 0.3 is 5.97 Å². The van der Waals surface area contributed by atoms with Gasteiger partial charge in [-0.05, 0) is 19.1 Å². The monoisotopic (exact) mass is 257 g/mol. The van der Waals surface area contributed by atoms with Gasteiger partial charge in [-0.25, -0.2) is 4.79 Å². The fraction of sp³-hybridized carbons (Fsp3) is 0.200. The Balaban J connectivity index is 1.96. The van der Waals surface area contributed by atoms with Crippen LogP contribution in [0.3, 0.4) is 0 Å². The van der Waals surface area contributed by atoms with Crippen LogP contribution in [0.4, 0.5) is 0 Å². The third kappa shape index (κ3) is 3.10. The maximum atomic E-state index is 11.8. The Hall–Kier alpha value is -2.36. The molecule has 0 aliphatic heterocycles. The highest BCUT2D eigenvalue weighted by molar-refractivity contribution is 5.99. The molecule has 0 amide bonds. The Morgan fingerprint density at radius 1 is 1.16 bits per heavy atom. The van der Waals surface area contributed by atoms with Crippen molar-refractivity contribution in [1.82, 2.24) is 4.57 Å². The molecule has 4 heteroatoms. The van der Waals surface area contributed by atoms with Gasteiger partial charge in [-0.1, -0.05) is 29.8 Å². The van der Waals surface area contributed by atoms with Crippen LogP contribution < -0.4 is 0 Å². The SMILES string of the molecule is Cc1ccc(C(=O)COC(=O)c2cccn2C)cc1. The van der Waals surface area contributed by atoms with E-state index in [2.05, 4.69) is 0 Å². The van der Waals surface area contributed by atoms with Gasteiger partial charge in [0.2, 0.25) is 0 Å². The summed E-state index contributed by atoms with van der Waals surface area (Å²) < 4.78 is 6.66. The maximum Gasteiger partial charge on any atom is 0.355 e. The van der Waals surface area contributed by atoms with Crippen LogP contribution in [0.5, 0.6) is 0 Å². The molecule has 2 aromatic rings. The molecule has 0 aliphatic rings. The van der Waals surface area contributed by atoms with Gasteiger partial charge in [0.15, 0.2) is 12.4 Å². The Bertz CT molecular complexity index is 596. The van der Waals surface area contributed by atoms with Crippen molar-refractivity contribution in [2.24, 2.45) is 7.05 Å². The van der Waals surface area contributed by atoms with Gasteiger partial charge in [0.1, 0.15) is 5.69 Å². The largest absolute Gasteiger partial charge is 0.453 e. The number of hydrogen-bond acceptors (Lipinski definition) is 3. The van der Waals surface area contributed by atoms with Crippen molar-refractivity contribution in [3.05, 3.63) is 59.4 Å². The first kappa shape index (κ1) is 13.1. The summed E-state index contributed by atoms with van der Waals surface area (Å²) in [6.07, 6.45) is 1.75. The van der Waals surface area contributed by atoms with E-state index in [9.17, 15) is 9.59 Å². The molecule has 0 spiro atoms. The number of benzene rings is 1. The Morgan fingerprint density at radius 3 is 2.42 bits per heavy atom. The third-order valence-electron chi connectivity index (χ3n) is 2.86. The van der Waals surface area contributed by atoms with Crippen LogP contribution in [-0.2, 0) is 11.8 Å². The second-order valence-electron chi connectivity index (χ2n) is 4.37. The molecule has 0 saturated carbocycles. The summed E-state index contributed by atoms with van der Waals surface area (Å²) in [5, 5.41) is 0. The number of ketones is 1. The van der Waals surface area contributed by atoms with Crippen LogP contribution in [-0.4, -0.2) is 22.9 Å². The van der Waals surface area contributed by atoms with Gasteiger partial charge in [-0.2, -0.15) is 0 Å². The molecule has 0 bridgehead atoms. The van der Waals surface area contributed by atoms with Gasteiger partial charge in [-0.15, -0.1) is 0 Å². The quantitative estimate of drug-likeness (QED) is 0.624. The molecule has 0 fully saturated rings. The van der Waals surface area contributed by atoms with Crippen molar-refractivity contribution >= 4 is 11.8 Å². The minimum Gasteiger partial charge on any atom is -0.453 e. The van der Waals surface area contributed by atoms with Gasteiger partial charge in [0, 0.05) is 18.8 Å². The van der Waals surface area contributed by atoms with Crippen molar-refractivity contribution < 1.29 is 14.3 Å². The smallest absolute Gasteiger partial charge is 0.355 e. The summed E-state index contributed by atoms with van der Waals surface area (Å²) in [7, 11) is 1.75. The van der Waals surface area contributed by atoms with Crippen molar-refractivity contribution in [3.8, 4) is 0 Å². The highest BCUT2D eigenvalue weighted by atomic mass is 16.5. The molecule has 0 radical (unpaired) electrons. The molecular weight excluding hydrogens is 242 g/mol. The van der Waals surface area contributed by atoms with Gasteiger partial charge in [0.05, 0.1) is 0 Å². The lowest BCUT2D eigenvalue weighted by Gasteiger charge is -2.05. The van der Waals surface area contributed by atoms with E-state index in [4.69, 9.17) is 4.74 Å². The van der Waals surface area contributed by atoms with Crippen LogP contribution in [0.15, 0.2) is 42.6 Å². The summed E-state index contributed by atoms with van der Waals surface area (Å²) in [5.74, 6) is -0.699. The summed E-state index contributed by atoms with van der Waals surface area (Å²) in [5.41, 5.74) is 2.05. The number of aromatic nitrogens is 1. The molecule has 19 heavy (non-hydrogen) atoms. The van der Waals surface area contributed by atoms with E-state index in [1.54, 1.807) is 42.1 Å². The Kier molecular flexibility index (Phi) is 3.80. The zero-order chi connectivity index (χ0) is 13.8. The zero-order valence-corrected chi connectivity index (χ0v) is 10.9. The van der Waals surface area contributed by atoms with Crippen molar-refractivity contribution in [2.75, 3.05) is 6.61 Å². The topological polar surface area (TPSA) is 48.3 Å². The van der Waals surface area contributed by atoms with E-state index in [0.717, 1.165) is 5.56 Å². The molecule has 1 aromatic carbocycles. The summed E-state index contributed by atoms with van der Waals surface area (Å²) in [6, 6.07) is 10.6. The second kappa shape index (κ2) is 5.52. The second-order valence-corrected chi connectivity index (χ2v) is 4.37. The number of aryl methyl sites for hydroxylation is 2.